The molecule has 3 fully saturated rings. The molecule has 2 saturated heterocycles. The van der Waals surface area contributed by atoms with Crippen LogP contribution in [0.4, 0.5) is 4.39 Å². The Morgan fingerprint density at radius 2 is 1.69 bits per heavy atom. The number of piperidine rings is 1. The van der Waals surface area contributed by atoms with Crippen LogP contribution >= 0.6 is 11.8 Å². The van der Waals surface area contributed by atoms with Crippen LogP contribution in [0.15, 0.2) is 18.2 Å². The predicted octanol–water partition coefficient (Wildman–Crippen LogP) is 3.83. The third kappa shape index (κ3) is 4.62. The van der Waals surface area contributed by atoms with E-state index >= 15 is 0 Å². The van der Waals surface area contributed by atoms with Crippen LogP contribution in [0.2, 0.25) is 0 Å². The summed E-state index contributed by atoms with van der Waals surface area (Å²) in [6, 6.07) is 5.24. The summed E-state index contributed by atoms with van der Waals surface area (Å²) in [5, 5.41) is 0. The van der Waals surface area contributed by atoms with Gasteiger partial charge in [-0.3, -0.25) is 9.59 Å². The zero-order valence-corrected chi connectivity index (χ0v) is 18.1. The van der Waals surface area contributed by atoms with Gasteiger partial charge < -0.3 is 9.80 Å². The molecule has 1 aromatic carbocycles. The number of likely N-dealkylation sites (tertiary alicyclic amines) is 1. The second-order valence-electron chi connectivity index (χ2n) is 8.80. The number of carbonyl (C=O) groups is 2. The maximum atomic E-state index is 13.8. The number of hydrogen-bond donors (Lipinski definition) is 0. The van der Waals surface area contributed by atoms with Gasteiger partial charge in [0.1, 0.15) is 5.82 Å². The largest absolute Gasteiger partial charge is 0.341 e. The number of nitrogens with zero attached hydrogens (tertiary/aromatic N) is 2. The van der Waals surface area contributed by atoms with Gasteiger partial charge in [0.2, 0.25) is 11.8 Å². The zero-order valence-electron chi connectivity index (χ0n) is 17.2. The average Bonchev–Trinajstić information content (AvgIpc) is 3.30. The molecular formula is C23H31FN2O2S. The fourth-order valence-electron chi connectivity index (χ4n) is 5.09. The van der Waals surface area contributed by atoms with Crippen molar-refractivity contribution in [2.24, 2.45) is 11.8 Å². The van der Waals surface area contributed by atoms with Gasteiger partial charge in [-0.05, 0) is 43.4 Å². The van der Waals surface area contributed by atoms with E-state index in [9.17, 15) is 14.0 Å². The molecule has 2 amide bonds. The van der Waals surface area contributed by atoms with E-state index in [-0.39, 0.29) is 35.4 Å². The van der Waals surface area contributed by atoms with Gasteiger partial charge in [-0.15, -0.1) is 0 Å². The fraction of sp³-hybridized carbons (Fsp3) is 0.652. The molecule has 1 aromatic rings. The van der Waals surface area contributed by atoms with E-state index in [1.807, 2.05) is 33.7 Å². The predicted molar refractivity (Wildman–Crippen MR) is 114 cm³/mol. The van der Waals surface area contributed by atoms with Crippen molar-refractivity contribution in [3.63, 3.8) is 0 Å². The van der Waals surface area contributed by atoms with Crippen molar-refractivity contribution in [3.05, 3.63) is 35.1 Å². The number of benzene rings is 1. The standard InChI is InChI=1S/C23H31FN2O2S/c1-16-12-18(6-7-21(16)24)19-13-20(23(28)25-8-10-29-11-9-25)15-26(14-19)22(27)17-4-2-3-5-17/h6-7,12,17,19-20H,2-5,8-11,13-15H2,1H3. The molecule has 2 atom stereocenters. The Bertz CT molecular complexity index is 759. The summed E-state index contributed by atoms with van der Waals surface area (Å²) >= 11 is 1.89. The van der Waals surface area contributed by atoms with E-state index in [0.717, 1.165) is 62.3 Å². The summed E-state index contributed by atoms with van der Waals surface area (Å²) in [6.07, 6.45) is 4.93. The summed E-state index contributed by atoms with van der Waals surface area (Å²) in [7, 11) is 0. The van der Waals surface area contributed by atoms with Gasteiger partial charge >= 0.3 is 0 Å². The molecule has 0 spiro atoms. The number of hydrogen-bond acceptors (Lipinski definition) is 3. The van der Waals surface area contributed by atoms with Crippen molar-refractivity contribution in [3.8, 4) is 0 Å². The van der Waals surface area contributed by atoms with E-state index in [1.165, 1.54) is 6.07 Å². The minimum absolute atomic E-state index is 0.0847. The van der Waals surface area contributed by atoms with Gasteiger partial charge in [0.25, 0.3) is 0 Å². The van der Waals surface area contributed by atoms with E-state index < -0.39 is 0 Å². The lowest BCUT2D eigenvalue weighted by Gasteiger charge is -2.41. The number of halogens is 1. The van der Waals surface area contributed by atoms with Crippen molar-refractivity contribution in [1.82, 2.24) is 9.80 Å². The van der Waals surface area contributed by atoms with E-state index in [0.29, 0.717) is 18.7 Å². The summed E-state index contributed by atoms with van der Waals surface area (Å²) in [4.78, 5) is 30.4. The van der Waals surface area contributed by atoms with E-state index in [4.69, 9.17) is 0 Å². The first-order chi connectivity index (χ1) is 14.0. The van der Waals surface area contributed by atoms with Gasteiger partial charge in [-0.2, -0.15) is 11.8 Å². The molecule has 4 rings (SSSR count). The van der Waals surface area contributed by atoms with Crippen LogP contribution in [0.1, 0.15) is 49.1 Å². The highest BCUT2D eigenvalue weighted by atomic mass is 32.2. The van der Waals surface area contributed by atoms with Crippen LogP contribution in [0, 0.1) is 24.6 Å². The summed E-state index contributed by atoms with van der Waals surface area (Å²) in [5.74, 6) is 2.23. The van der Waals surface area contributed by atoms with Gasteiger partial charge in [-0.25, -0.2) is 4.39 Å². The van der Waals surface area contributed by atoms with Crippen molar-refractivity contribution >= 4 is 23.6 Å². The molecule has 0 N–H and O–H groups in total. The van der Waals surface area contributed by atoms with Gasteiger partial charge in [0, 0.05) is 49.5 Å². The smallest absolute Gasteiger partial charge is 0.227 e. The second-order valence-corrected chi connectivity index (χ2v) is 10.0. The monoisotopic (exact) mass is 418 g/mol. The number of carbonyl (C=O) groups excluding carboxylic acids is 2. The number of rotatable bonds is 3. The van der Waals surface area contributed by atoms with Crippen molar-refractivity contribution in [2.75, 3.05) is 37.7 Å². The SMILES string of the molecule is Cc1cc(C2CC(C(=O)N3CCSCC3)CN(C(=O)C3CCCC3)C2)ccc1F. The van der Waals surface area contributed by atoms with Gasteiger partial charge in [0.15, 0.2) is 0 Å². The van der Waals surface area contributed by atoms with Crippen LogP contribution in [0.3, 0.4) is 0 Å². The van der Waals surface area contributed by atoms with Crippen LogP contribution in [0.25, 0.3) is 0 Å². The van der Waals surface area contributed by atoms with Crippen LogP contribution in [-0.2, 0) is 9.59 Å². The fourth-order valence-corrected chi connectivity index (χ4v) is 6.00. The number of aryl methyl sites for hydroxylation is 1. The number of amides is 2. The molecule has 2 unspecified atom stereocenters. The Morgan fingerprint density at radius 1 is 1.00 bits per heavy atom. The number of thioether (sulfide) groups is 1. The molecule has 0 bridgehead atoms. The third-order valence-corrected chi connectivity index (χ3v) is 7.73. The molecule has 4 nitrogen and oxygen atoms in total. The third-order valence-electron chi connectivity index (χ3n) is 6.79. The molecule has 2 heterocycles. The summed E-state index contributed by atoms with van der Waals surface area (Å²) < 4.78 is 13.8. The minimum atomic E-state index is -0.207. The Morgan fingerprint density at radius 3 is 2.38 bits per heavy atom. The van der Waals surface area contributed by atoms with Crippen LogP contribution < -0.4 is 0 Å². The lowest BCUT2D eigenvalue weighted by Crippen LogP contribution is -2.51. The molecule has 158 valence electrons. The lowest BCUT2D eigenvalue weighted by molar-refractivity contribution is -0.143. The quantitative estimate of drug-likeness (QED) is 0.749. The highest BCUT2D eigenvalue weighted by Gasteiger charge is 2.38. The Balaban J connectivity index is 1.56. The Kier molecular flexibility index (Phi) is 6.47. The molecule has 2 aliphatic heterocycles. The first-order valence-electron chi connectivity index (χ1n) is 10.9. The highest BCUT2D eigenvalue weighted by molar-refractivity contribution is 7.99. The Hall–Kier alpha value is -1.56. The average molecular weight is 419 g/mol. The summed E-state index contributed by atoms with van der Waals surface area (Å²) in [5.41, 5.74) is 1.66. The van der Waals surface area contributed by atoms with E-state index in [2.05, 4.69) is 0 Å². The maximum absolute atomic E-state index is 13.8. The van der Waals surface area contributed by atoms with E-state index in [1.54, 1.807) is 6.92 Å². The van der Waals surface area contributed by atoms with Crippen molar-refractivity contribution < 1.29 is 14.0 Å². The molecule has 0 aromatic heterocycles. The Labute approximate surface area is 177 Å². The molecule has 0 radical (unpaired) electrons. The van der Waals surface area contributed by atoms with Gasteiger partial charge in [-0.1, -0.05) is 25.0 Å². The first-order valence-corrected chi connectivity index (χ1v) is 12.1. The molecule has 1 aliphatic carbocycles. The molecule has 3 aliphatic rings. The van der Waals surface area contributed by atoms with Crippen LogP contribution in [-0.4, -0.2) is 59.3 Å². The lowest BCUT2D eigenvalue weighted by atomic mass is 9.82. The summed E-state index contributed by atoms with van der Waals surface area (Å²) in [6.45, 7) is 4.56. The first kappa shape index (κ1) is 20.7. The maximum Gasteiger partial charge on any atom is 0.227 e. The van der Waals surface area contributed by atoms with Crippen molar-refractivity contribution in [2.45, 2.75) is 44.9 Å². The zero-order chi connectivity index (χ0) is 20.4. The van der Waals surface area contributed by atoms with Crippen LogP contribution in [0.5, 0.6) is 0 Å². The highest BCUT2D eigenvalue weighted by Crippen LogP contribution is 2.35. The molecule has 29 heavy (non-hydrogen) atoms. The molecular weight excluding hydrogens is 387 g/mol. The second kappa shape index (κ2) is 9.07. The minimum Gasteiger partial charge on any atom is -0.341 e. The molecule has 1 saturated carbocycles. The topological polar surface area (TPSA) is 40.6 Å². The van der Waals surface area contributed by atoms with Gasteiger partial charge in [0.05, 0.1) is 5.92 Å². The van der Waals surface area contributed by atoms with Crippen molar-refractivity contribution in [1.29, 1.82) is 0 Å². The normalized spacial score (nSPS) is 26.0. The molecule has 6 heteroatoms.